The Bertz CT molecular complexity index is 352. The summed E-state index contributed by atoms with van der Waals surface area (Å²) >= 11 is 0. The first kappa shape index (κ1) is 15.6. The van der Waals surface area contributed by atoms with E-state index in [0.29, 0.717) is 24.5 Å². The summed E-state index contributed by atoms with van der Waals surface area (Å²) < 4.78 is 5.52. The van der Waals surface area contributed by atoms with E-state index in [0.717, 1.165) is 25.8 Å². The minimum Gasteiger partial charge on any atom is -0.444 e. The average Bonchev–Trinajstić information content (AvgIpc) is 2.83. The van der Waals surface area contributed by atoms with E-state index in [1.165, 1.54) is 0 Å². The molecule has 4 atom stereocenters. The second kappa shape index (κ2) is 5.90. The molecular formula is C15H28N2O3. The average molecular weight is 284 g/mol. The van der Waals surface area contributed by atoms with Gasteiger partial charge >= 0.3 is 6.09 Å². The molecule has 2 fully saturated rings. The maximum Gasteiger partial charge on any atom is 0.410 e. The van der Waals surface area contributed by atoms with Crippen molar-refractivity contribution in [3.8, 4) is 0 Å². The summed E-state index contributed by atoms with van der Waals surface area (Å²) in [6.07, 6.45) is 2.73. The zero-order valence-corrected chi connectivity index (χ0v) is 13.1. The highest BCUT2D eigenvalue weighted by molar-refractivity contribution is 5.70. The summed E-state index contributed by atoms with van der Waals surface area (Å²) in [5.74, 6) is 0.486. The van der Waals surface area contributed by atoms with Gasteiger partial charge in [-0.1, -0.05) is 0 Å². The Balaban J connectivity index is 1.88. The number of nitrogens with zero attached hydrogens (tertiary/aromatic N) is 1. The highest BCUT2D eigenvalue weighted by Gasteiger charge is 2.49. The lowest BCUT2D eigenvalue weighted by atomic mass is 9.89. The molecule has 0 spiro atoms. The van der Waals surface area contributed by atoms with E-state index in [2.05, 4.69) is 5.32 Å². The molecule has 2 bridgehead atoms. The molecule has 5 heteroatoms. The predicted molar refractivity (Wildman–Crippen MR) is 77.5 cm³/mol. The quantitative estimate of drug-likeness (QED) is 0.825. The van der Waals surface area contributed by atoms with Crippen molar-refractivity contribution in [3.63, 3.8) is 0 Å². The van der Waals surface area contributed by atoms with Crippen LogP contribution in [0.25, 0.3) is 0 Å². The first-order valence-electron chi connectivity index (χ1n) is 7.68. The zero-order valence-electron chi connectivity index (χ0n) is 13.1. The monoisotopic (exact) mass is 284 g/mol. The Morgan fingerprint density at radius 3 is 2.75 bits per heavy atom. The van der Waals surface area contributed by atoms with Crippen molar-refractivity contribution in [2.75, 3.05) is 13.1 Å². The normalized spacial score (nSPS) is 30.6. The van der Waals surface area contributed by atoms with Crippen molar-refractivity contribution in [2.24, 2.45) is 5.92 Å². The van der Waals surface area contributed by atoms with Crippen LogP contribution in [0.2, 0.25) is 0 Å². The number of hydrogen-bond donors (Lipinski definition) is 2. The maximum atomic E-state index is 12.3. The molecular weight excluding hydrogens is 256 g/mol. The fourth-order valence-electron chi connectivity index (χ4n) is 3.41. The van der Waals surface area contributed by atoms with Gasteiger partial charge in [0.05, 0.1) is 6.10 Å². The molecule has 1 amide bonds. The van der Waals surface area contributed by atoms with Crippen LogP contribution in [0, 0.1) is 5.92 Å². The van der Waals surface area contributed by atoms with Gasteiger partial charge in [-0.05, 0) is 52.9 Å². The molecule has 0 aromatic heterocycles. The third-order valence-electron chi connectivity index (χ3n) is 4.12. The number of nitrogens with one attached hydrogen (secondary N) is 1. The molecule has 2 heterocycles. The highest BCUT2D eigenvalue weighted by Crippen LogP contribution is 2.42. The third-order valence-corrected chi connectivity index (χ3v) is 4.12. The Hall–Kier alpha value is -0.810. The number of carbonyl (C=O) groups is 1. The van der Waals surface area contributed by atoms with E-state index in [1.807, 2.05) is 25.7 Å². The summed E-state index contributed by atoms with van der Waals surface area (Å²) in [6.45, 7) is 8.98. The van der Waals surface area contributed by atoms with Crippen LogP contribution in [-0.2, 0) is 4.74 Å². The van der Waals surface area contributed by atoms with E-state index < -0.39 is 5.60 Å². The molecule has 4 unspecified atom stereocenters. The van der Waals surface area contributed by atoms with Crippen molar-refractivity contribution >= 4 is 6.09 Å². The van der Waals surface area contributed by atoms with Crippen LogP contribution >= 0.6 is 0 Å². The summed E-state index contributed by atoms with van der Waals surface area (Å²) in [4.78, 5) is 14.3. The van der Waals surface area contributed by atoms with E-state index in [4.69, 9.17) is 4.74 Å². The fraction of sp³-hybridized carbons (Fsp3) is 0.933. The van der Waals surface area contributed by atoms with E-state index in [1.54, 1.807) is 6.92 Å². The SMILES string of the molecule is CC(O)CNCC1CC2CCC1N2C(=O)OC(C)(C)C. The fourth-order valence-corrected chi connectivity index (χ4v) is 3.41. The van der Waals surface area contributed by atoms with Crippen molar-refractivity contribution in [1.29, 1.82) is 0 Å². The van der Waals surface area contributed by atoms with E-state index >= 15 is 0 Å². The molecule has 5 nitrogen and oxygen atoms in total. The zero-order chi connectivity index (χ0) is 14.9. The molecule has 2 N–H and O–H groups in total. The highest BCUT2D eigenvalue weighted by atomic mass is 16.6. The van der Waals surface area contributed by atoms with Crippen LogP contribution in [-0.4, -0.2) is 53.0 Å². The molecule has 0 aromatic carbocycles. The number of aliphatic hydroxyl groups is 1. The van der Waals surface area contributed by atoms with E-state index in [9.17, 15) is 9.90 Å². The van der Waals surface area contributed by atoms with Gasteiger partial charge in [0.25, 0.3) is 0 Å². The van der Waals surface area contributed by atoms with Crippen LogP contribution in [0.1, 0.15) is 47.0 Å². The van der Waals surface area contributed by atoms with Gasteiger partial charge in [-0.15, -0.1) is 0 Å². The molecule has 0 radical (unpaired) electrons. The van der Waals surface area contributed by atoms with E-state index in [-0.39, 0.29) is 12.2 Å². The first-order valence-corrected chi connectivity index (χ1v) is 7.68. The standard InChI is InChI=1S/C15H28N2O3/c1-10(18)8-16-9-11-7-12-5-6-13(11)17(12)14(19)20-15(2,3)4/h10-13,16,18H,5-9H2,1-4H3. The smallest absolute Gasteiger partial charge is 0.410 e. The lowest BCUT2D eigenvalue weighted by Gasteiger charge is -2.28. The van der Waals surface area contributed by atoms with Gasteiger partial charge in [0, 0.05) is 25.2 Å². The topological polar surface area (TPSA) is 61.8 Å². The molecule has 2 aliphatic heterocycles. The molecule has 2 rings (SSSR count). The van der Waals surface area contributed by atoms with Gasteiger partial charge in [-0.25, -0.2) is 4.79 Å². The number of rotatable bonds is 4. The first-order chi connectivity index (χ1) is 9.28. The van der Waals surface area contributed by atoms with Crippen LogP contribution < -0.4 is 5.32 Å². The third kappa shape index (κ3) is 3.64. The second-order valence-electron chi connectivity index (χ2n) is 7.19. The molecule has 2 aliphatic rings. The molecule has 0 saturated carbocycles. The molecule has 116 valence electrons. The van der Waals surface area contributed by atoms with Crippen molar-refractivity contribution in [1.82, 2.24) is 10.2 Å². The minimum absolute atomic E-state index is 0.164. The van der Waals surface area contributed by atoms with Gasteiger partial charge in [0.15, 0.2) is 0 Å². The lowest BCUT2D eigenvalue weighted by Crippen LogP contribution is -2.42. The molecule has 20 heavy (non-hydrogen) atoms. The van der Waals surface area contributed by atoms with Crippen molar-refractivity contribution in [2.45, 2.75) is 70.7 Å². The Kier molecular flexibility index (Phi) is 4.59. The van der Waals surface area contributed by atoms with Gasteiger partial charge in [-0.2, -0.15) is 0 Å². The van der Waals surface area contributed by atoms with Gasteiger partial charge < -0.3 is 20.1 Å². The maximum absolute atomic E-state index is 12.3. The number of hydrogen-bond acceptors (Lipinski definition) is 4. The second-order valence-corrected chi connectivity index (χ2v) is 7.19. The number of aliphatic hydroxyl groups excluding tert-OH is 1. The minimum atomic E-state index is -0.431. The van der Waals surface area contributed by atoms with Crippen molar-refractivity contribution in [3.05, 3.63) is 0 Å². The predicted octanol–water partition coefficient (Wildman–Crippen LogP) is 1.74. The van der Waals surface area contributed by atoms with Gasteiger partial charge in [-0.3, -0.25) is 0 Å². The summed E-state index contributed by atoms with van der Waals surface area (Å²) in [5, 5.41) is 12.6. The summed E-state index contributed by atoms with van der Waals surface area (Å²) in [6, 6.07) is 0.643. The van der Waals surface area contributed by atoms with Crippen LogP contribution in [0.4, 0.5) is 4.79 Å². The molecule has 2 saturated heterocycles. The Morgan fingerprint density at radius 1 is 1.45 bits per heavy atom. The number of fused-ring (bicyclic) bond motifs is 2. The summed E-state index contributed by atoms with van der Waals surface area (Å²) in [5.41, 5.74) is -0.431. The van der Waals surface area contributed by atoms with Crippen LogP contribution in [0.5, 0.6) is 0 Å². The number of carbonyl (C=O) groups excluding carboxylic acids is 1. The number of ether oxygens (including phenoxy) is 1. The van der Waals surface area contributed by atoms with Crippen LogP contribution in [0.15, 0.2) is 0 Å². The Morgan fingerprint density at radius 2 is 2.15 bits per heavy atom. The molecule has 0 aromatic rings. The summed E-state index contributed by atoms with van der Waals surface area (Å²) in [7, 11) is 0. The molecule has 0 aliphatic carbocycles. The number of amides is 1. The van der Waals surface area contributed by atoms with Gasteiger partial charge in [0.1, 0.15) is 5.60 Å². The largest absolute Gasteiger partial charge is 0.444 e. The van der Waals surface area contributed by atoms with Crippen molar-refractivity contribution < 1.29 is 14.6 Å². The van der Waals surface area contributed by atoms with Gasteiger partial charge in [0.2, 0.25) is 0 Å². The van der Waals surface area contributed by atoms with Crippen LogP contribution in [0.3, 0.4) is 0 Å². The Labute approximate surface area is 121 Å². The lowest BCUT2D eigenvalue weighted by molar-refractivity contribution is 0.0205.